The highest BCUT2D eigenvalue weighted by atomic mass is 33.2. The zero-order valence-corrected chi connectivity index (χ0v) is 9.38. The molecule has 14 heavy (non-hydrogen) atoms. The van der Waals surface area contributed by atoms with Gasteiger partial charge in [0.2, 0.25) is 0 Å². The molecule has 0 aromatic rings. The van der Waals surface area contributed by atoms with Gasteiger partial charge in [-0.3, -0.25) is 4.52 Å². The average molecular weight is 269 g/mol. The van der Waals surface area contributed by atoms with Crippen LogP contribution in [-0.4, -0.2) is 28.3 Å². The number of phosphoric acid groups is 1. The molecule has 0 aromatic heterocycles. The molecule has 1 unspecified atom stereocenters. The van der Waals surface area contributed by atoms with Crippen LogP contribution in [0.15, 0.2) is 0 Å². The molecule has 9 nitrogen and oxygen atoms in total. The zero-order chi connectivity index (χ0) is 11.6. The smallest absolute Gasteiger partial charge is 0.302 e. The second-order valence-corrected chi connectivity index (χ2v) is 8.07. The third kappa shape index (κ3) is 4.00. The van der Waals surface area contributed by atoms with Crippen LogP contribution >= 0.6 is 7.82 Å². The van der Waals surface area contributed by atoms with E-state index < -0.39 is 26.0 Å². The summed E-state index contributed by atoms with van der Waals surface area (Å²) in [7, 11) is -15.4. The Morgan fingerprint density at radius 1 is 1.36 bits per heavy atom. The molecule has 0 spiro atoms. The molecule has 0 aliphatic carbocycles. The molecule has 3 N–H and O–H groups in total. The van der Waals surface area contributed by atoms with E-state index in [0.29, 0.717) is 0 Å². The van der Waals surface area contributed by atoms with Gasteiger partial charge in [-0.2, -0.15) is 20.8 Å². The Balaban J connectivity index is 4.98. The normalized spacial score (nSPS) is 17.6. The minimum atomic E-state index is -5.37. The largest absolute Gasteiger partial charge is 0.487 e. The van der Waals surface area contributed by atoms with Gasteiger partial charge in [-0.15, -0.1) is 0 Å². The number of hydrogen-bond donors (Lipinski definition) is 2. The van der Waals surface area contributed by atoms with Crippen molar-refractivity contribution in [2.45, 2.75) is 6.92 Å². The van der Waals surface area contributed by atoms with Gasteiger partial charge in [0, 0.05) is 0 Å². The monoisotopic (exact) mass is 269 g/mol. The minimum Gasteiger partial charge on any atom is -0.302 e. The van der Waals surface area contributed by atoms with Crippen LogP contribution < -0.4 is 5.14 Å². The van der Waals surface area contributed by atoms with Crippen LogP contribution in [0.2, 0.25) is 0 Å². The van der Waals surface area contributed by atoms with E-state index in [1.807, 2.05) is 0 Å². The number of phosphoric ester groups is 1. The lowest BCUT2D eigenvalue weighted by Crippen LogP contribution is -2.25. The Morgan fingerprint density at radius 3 is 2.07 bits per heavy atom. The van der Waals surface area contributed by atoms with Gasteiger partial charge in [-0.25, -0.2) is 9.70 Å². The molecule has 0 amide bonds. The number of nitrogens with two attached hydrogens (primary N) is 1. The summed E-state index contributed by atoms with van der Waals surface area (Å²) in [4.78, 5) is 8.63. The predicted octanol–water partition coefficient (Wildman–Crippen LogP) is -1.33. The predicted molar refractivity (Wildman–Crippen MR) is 44.6 cm³/mol. The molecule has 0 aromatic carbocycles. The molecule has 0 saturated heterocycles. The van der Waals surface area contributed by atoms with Gasteiger partial charge in [0.1, 0.15) is 0 Å². The number of rotatable bonds is 5. The third-order valence-corrected chi connectivity index (χ3v) is 5.65. The topological polar surface area (TPSA) is 150 Å². The highest BCUT2D eigenvalue weighted by molar-refractivity contribution is 8.64. The van der Waals surface area contributed by atoms with Gasteiger partial charge in [0.25, 0.3) is 0 Å². The van der Waals surface area contributed by atoms with E-state index in [9.17, 15) is 21.4 Å². The van der Waals surface area contributed by atoms with Crippen molar-refractivity contribution >= 4 is 26.0 Å². The van der Waals surface area contributed by atoms with Crippen LogP contribution in [0.4, 0.5) is 0 Å². The third-order valence-electron chi connectivity index (χ3n) is 0.762. The van der Waals surface area contributed by atoms with Crippen molar-refractivity contribution in [2.24, 2.45) is 5.14 Å². The Morgan fingerprint density at radius 2 is 1.79 bits per heavy atom. The summed E-state index contributed by atoms with van der Waals surface area (Å²) in [5.41, 5.74) is 0. The summed E-state index contributed by atoms with van der Waals surface area (Å²) < 4.78 is 59.8. The SMILES string of the molecule is CCOP(=O)(O)OS(=O)(=O)S(N)(=O)=O. The fourth-order valence-electron chi connectivity index (χ4n) is 0.342. The fraction of sp³-hybridized carbons (Fsp3) is 1.00. The van der Waals surface area contributed by atoms with Crippen LogP contribution in [0.5, 0.6) is 0 Å². The maximum absolute atomic E-state index is 10.7. The van der Waals surface area contributed by atoms with Crippen molar-refractivity contribution in [1.82, 2.24) is 0 Å². The standard InChI is InChI=1S/C2H8NO8PS2/c1-2-10-12(4,5)11-14(8,9)13(3,6)7/h2H2,1H3,(H,4,5)(H2,3,6,7). The highest BCUT2D eigenvalue weighted by Crippen LogP contribution is 2.45. The first-order valence-corrected chi connectivity index (χ1v) is 7.95. The zero-order valence-electron chi connectivity index (χ0n) is 6.85. The second kappa shape index (κ2) is 4.23. The summed E-state index contributed by atoms with van der Waals surface area (Å²) in [6.45, 7) is 0.934. The fourth-order valence-corrected chi connectivity index (χ4v) is 3.56. The van der Waals surface area contributed by atoms with Gasteiger partial charge < -0.3 is 4.89 Å². The highest BCUT2D eigenvalue weighted by Gasteiger charge is 2.37. The van der Waals surface area contributed by atoms with E-state index in [1.165, 1.54) is 6.92 Å². The number of hydrogen-bond acceptors (Lipinski definition) is 7. The molecule has 0 aliphatic heterocycles. The first-order valence-electron chi connectivity index (χ1n) is 2.98. The molecule has 0 aliphatic rings. The van der Waals surface area contributed by atoms with Crippen LogP contribution in [0.1, 0.15) is 6.92 Å². The molecule has 86 valence electrons. The summed E-state index contributed by atoms with van der Waals surface area (Å²) in [5.74, 6) is 0. The Labute approximate surface area is 80.0 Å². The lowest BCUT2D eigenvalue weighted by Gasteiger charge is -2.08. The van der Waals surface area contributed by atoms with Crippen molar-refractivity contribution in [1.29, 1.82) is 0 Å². The molecular weight excluding hydrogens is 261 g/mol. The first-order chi connectivity index (χ1) is 6.02. The molecule has 0 saturated carbocycles. The van der Waals surface area contributed by atoms with Gasteiger partial charge >= 0.3 is 26.0 Å². The van der Waals surface area contributed by atoms with E-state index in [2.05, 4.69) is 13.6 Å². The van der Waals surface area contributed by atoms with E-state index in [0.717, 1.165) is 0 Å². The van der Waals surface area contributed by atoms with Crippen LogP contribution in [0, 0.1) is 0 Å². The van der Waals surface area contributed by atoms with Crippen molar-refractivity contribution in [3.63, 3.8) is 0 Å². The molecule has 0 fully saturated rings. The summed E-state index contributed by atoms with van der Waals surface area (Å²) in [6.07, 6.45) is 0. The molecule has 0 bridgehead atoms. The second-order valence-electron chi connectivity index (χ2n) is 1.86. The van der Waals surface area contributed by atoms with Crippen molar-refractivity contribution < 1.29 is 34.8 Å². The minimum absolute atomic E-state index is 0.339. The van der Waals surface area contributed by atoms with E-state index in [4.69, 9.17) is 4.89 Å². The average Bonchev–Trinajstić information content (AvgIpc) is 1.80. The van der Waals surface area contributed by atoms with Gasteiger partial charge in [-0.1, -0.05) is 0 Å². The molecule has 0 rings (SSSR count). The van der Waals surface area contributed by atoms with Crippen LogP contribution in [0.25, 0.3) is 0 Å². The van der Waals surface area contributed by atoms with Crippen molar-refractivity contribution in [3.05, 3.63) is 0 Å². The van der Waals surface area contributed by atoms with E-state index in [-0.39, 0.29) is 6.61 Å². The van der Waals surface area contributed by atoms with E-state index >= 15 is 0 Å². The summed E-state index contributed by atoms with van der Waals surface area (Å²) >= 11 is 0. The molecule has 0 radical (unpaired) electrons. The van der Waals surface area contributed by atoms with Crippen LogP contribution in [-0.2, 0) is 31.3 Å². The molecule has 1 atom stereocenters. The molecule has 0 heterocycles. The van der Waals surface area contributed by atoms with Gasteiger partial charge in [-0.05, 0) is 6.92 Å². The van der Waals surface area contributed by atoms with Gasteiger partial charge in [0.15, 0.2) is 0 Å². The molecule has 12 heteroatoms. The lowest BCUT2D eigenvalue weighted by atomic mass is 10.9. The summed E-state index contributed by atoms with van der Waals surface area (Å²) in [5, 5.41) is 4.19. The quantitative estimate of drug-likeness (QED) is 0.460. The van der Waals surface area contributed by atoms with Gasteiger partial charge in [0.05, 0.1) is 6.61 Å². The first kappa shape index (κ1) is 14.0. The van der Waals surface area contributed by atoms with Crippen molar-refractivity contribution in [2.75, 3.05) is 6.61 Å². The maximum atomic E-state index is 10.7. The lowest BCUT2D eigenvalue weighted by molar-refractivity contribution is 0.217. The Kier molecular flexibility index (Phi) is 4.22. The molecular formula is C2H8NO8PS2. The maximum Gasteiger partial charge on any atom is 0.487 e. The van der Waals surface area contributed by atoms with E-state index in [1.54, 1.807) is 0 Å². The van der Waals surface area contributed by atoms with Crippen LogP contribution in [0.3, 0.4) is 0 Å². The Bertz CT molecular complexity index is 434. The summed E-state index contributed by atoms with van der Waals surface area (Å²) in [6, 6.07) is 0. The Hall–Kier alpha value is -0.0300. The van der Waals surface area contributed by atoms with Crippen molar-refractivity contribution in [3.8, 4) is 0 Å².